The Bertz CT molecular complexity index is 624. The van der Waals surface area contributed by atoms with Crippen LogP contribution in [0, 0.1) is 0 Å². The van der Waals surface area contributed by atoms with Crippen molar-refractivity contribution in [3.05, 3.63) is 30.2 Å². The molecule has 0 aromatic carbocycles. The Labute approximate surface area is 119 Å². The summed E-state index contributed by atoms with van der Waals surface area (Å²) >= 11 is 1.93. The topological polar surface area (TPSA) is 84.1 Å². The molecule has 104 valence electrons. The summed E-state index contributed by atoms with van der Waals surface area (Å²) < 4.78 is 1.38. The normalized spacial score (nSPS) is 15.3. The van der Waals surface area contributed by atoms with Crippen molar-refractivity contribution in [2.24, 2.45) is 0 Å². The molecule has 20 heavy (non-hydrogen) atoms. The second-order valence-electron chi connectivity index (χ2n) is 4.26. The van der Waals surface area contributed by atoms with E-state index in [2.05, 4.69) is 20.0 Å². The molecular weight excluding hydrogens is 278 g/mol. The molecular formula is C12H13N5O2S. The van der Waals surface area contributed by atoms with Gasteiger partial charge in [-0.15, -0.1) is 0 Å². The molecule has 2 aromatic rings. The third-order valence-electron chi connectivity index (χ3n) is 2.98. The standard InChI is InChI=1S/C12H13N5O2S/c18-11(19)9-2-4-17(15-9)12-13-3-1-10(14-12)16-5-7-20-8-6-16/h1-4H,5-8H2,(H,18,19). The molecule has 3 rings (SSSR count). The zero-order valence-corrected chi connectivity index (χ0v) is 11.5. The fourth-order valence-corrected chi connectivity index (χ4v) is 2.87. The van der Waals surface area contributed by atoms with E-state index in [1.54, 1.807) is 12.4 Å². The van der Waals surface area contributed by atoms with Gasteiger partial charge in [-0.05, 0) is 12.1 Å². The van der Waals surface area contributed by atoms with Gasteiger partial charge in [0.25, 0.3) is 5.95 Å². The Kier molecular flexibility index (Phi) is 3.55. The van der Waals surface area contributed by atoms with Gasteiger partial charge in [-0.25, -0.2) is 14.5 Å². The second kappa shape index (κ2) is 5.49. The zero-order valence-electron chi connectivity index (χ0n) is 10.6. The van der Waals surface area contributed by atoms with Gasteiger partial charge in [0.2, 0.25) is 0 Å². The maximum Gasteiger partial charge on any atom is 0.356 e. The van der Waals surface area contributed by atoms with Crippen LogP contribution >= 0.6 is 11.8 Å². The highest BCUT2D eigenvalue weighted by atomic mass is 32.2. The fourth-order valence-electron chi connectivity index (χ4n) is 1.97. The van der Waals surface area contributed by atoms with E-state index in [1.807, 2.05) is 17.8 Å². The molecule has 3 heterocycles. The van der Waals surface area contributed by atoms with Gasteiger partial charge < -0.3 is 10.0 Å². The van der Waals surface area contributed by atoms with Crippen LogP contribution in [0.15, 0.2) is 24.5 Å². The number of carboxylic acids is 1. The third kappa shape index (κ3) is 2.60. The summed E-state index contributed by atoms with van der Waals surface area (Å²) in [7, 11) is 0. The molecule has 0 unspecified atom stereocenters. The summed E-state index contributed by atoms with van der Waals surface area (Å²) in [5.41, 5.74) is -0.0200. The van der Waals surface area contributed by atoms with Gasteiger partial charge in [0.15, 0.2) is 5.69 Å². The first-order chi connectivity index (χ1) is 9.74. The number of aromatic nitrogens is 4. The molecule has 1 aliphatic rings. The van der Waals surface area contributed by atoms with E-state index in [4.69, 9.17) is 5.11 Å². The lowest BCUT2D eigenvalue weighted by Crippen LogP contribution is -2.33. The SMILES string of the molecule is O=C(O)c1ccn(-c2nccc(N3CCSCC3)n2)n1. The molecule has 0 radical (unpaired) electrons. The van der Waals surface area contributed by atoms with E-state index >= 15 is 0 Å². The quantitative estimate of drug-likeness (QED) is 0.899. The monoisotopic (exact) mass is 291 g/mol. The van der Waals surface area contributed by atoms with Gasteiger partial charge in [-0.2, -0.15) is 21.8 Å². The maximum atomic E-state index is 10.8. The molecule has 0 saturated carbocycles. The van der Waals surface area contributed by atoms with Crippen LogP contribution in [0.2, 0.25) is 0 Å². The Morgan fingerprint density at radius 1 is 1.30 bits per heavy atom. The third-order valence-corrected chi connectivity index (χ3v) is 3.92. The van der Waals surface area contributed by atoms with Crippen molar-refractivity contribution >= 4 is 23.5 Å². The van der Waals surface area contributed by atoms with Gasteiger partial charge in [-0.1, -0.05) is 0 Å². The van der Waals surface area contributed by atoms with Crippen LogP contribution in [0.1, 0.15) is 10.5 Å². The van der Waals surface area contributed by atoms with Crippen molar-refractivity contribution in [3.8, 4) is 5.95 Å². The number of thioether (sulfide) groups is 1. The molecule has 0 atom stereocenters. The van der Waals surface area contributed by atoms with Gasteiger partial charge in [0, 0.05) is 37.0 Å². The molecule has 2 aromatic heterocycles. The first kappa shape index (κ1) is 12.9. The molecule has 1 saturated heterocycles. The van der Waals surface area contributed by atoms with Crippen LogP contribution in [0.5, 0.6) is 0 Å². The van der Waals surface area contributed by atoms with Crippen LogP contribution in [0.4, 0.5) is 5.82 Å². The molecule has 1 fully saturated rings. The number of hydrogen-bond donors (Lipinski definition) is 1. The first-order valence-corrected chi connectivity index (χ1v) is 7.34. The largest absolute Gasteiger partial charge is 0.476 e. The number of hydrogen-bond acceptors (Lipinski definition) is 6. The predicted octanol–water partition coefficient (Wildman–Crippen LogP) is 0.914. The minimum absolute atomic E-state index is 0.0200. The predicted molar refractivity (Wildman–Crippen MR) is 75.7 cm³/mol. The lowest BCUT2D eigenvalue weighted by molar-refractivity contribution is 0.0690. The van der Waals surface area contributed by atoms with Crippen molar-refractivity contribution in [1.29, 1.82) is 0 Å². The summed E-state index contributed by atoms with van der Waals surface area (Å²) in [6.45, 7) is 1.92. The van der Waals surface area contributed by atoms with Gasteiger partial charge >= 0.3 is 5.97 Å². The highest BCUT2D eigenvalue weighted by Gasteiger charge is 2.14. The van der Waals surface area contributed by atoms with Gasteiger partial charge in [0.1, 0.15) is 5.82 Å². The van der Waals surface area contributed by atoms with Crippen LogP contribution in [-0.2, 0) is 0 Å². The smallest absolute Gasteiger partial charge is 0.356 e. The summed E-state index contributed by atoms with van der Waals surface area (Å²) in [5.74, 6) is 2.35. The Hall–Kier alpha value is -2.09. The maximum absolute atomic E-state index is 10.8. The molecule has 8 heteroatoms. The summed E-state index contributed by atoms with van der Waals surface area (Å²) in [4.78, 5) is 21.6. The van der Waals surface area contributed by atoms with E-state index < -0.39 is 5.97 Å². The van der Waals surface area contributed by atoms with E-state index in [-0.39, 0.29) is 5.69 Å². The molecule has 1 N–H and O–H groups in total. The van der Waals surface area contributed by atoms with Crippen LogP contribution in [0.3, 0.4) is 0 Å². The van der Waals surface area contributed by atoms with E-state index in [0.717, 1.165) is 30.4 Å². The molecule has 0 aliphatic carbocycles. The molecule has 0 spiro atoms. The minimum Gasteiger partial charge on any atom is -0.476 e. The highest BCUT2D eigenvalue weighted by Crippen LogP contribution is 2.17. The van der Waals surface area contributed by atoms with E-state index in [1.165, 1.54) is 10.7 Å². The number of carbonyl (C=O) groups is 1. The van der Waals surface area contributed by atoms with Crippen molar-refractivity contribution in [2.45, 2.75) is 0 Å². The Morgan fingerprint density at radius 2 is 2.10 bits per heavy atom. The second-order valence-corrected chi connectivity index (χ2v) is 5.49. The lowest BCUT2D eigenvalue weighted by Gasteiger charge is -2.27. The van der Waals surface area contributed by atoms with E-state index in [9.17, 15) is 4.79 Å². The van der Waals surface area contributed by atoms with Crippen LogP contribution < -0.4 is 4.90 Å². The molecule has 7 nitrogen and oxygen atoms in total. The number of aromatic carboxylic acids is 1. The van der Waals surface area contributed by atoms with Gasteiger partial charge in [0.05, 0.1) is 0 Å². The average molecular weight is 291 g/mol. The Morgan fingerprint density at radius 3 is 2.80 bits per heavy atom. The van der Waals surface area contributed by atoms with Crippen molar-refractivity contribution < 1.29 is 9.90 Å². The van der Waals surface area contributed by atoms with Crippen LogP contribution in [-0.4, -0.2) is 55.4 Å². The highest BCUT2D eigenvalue weighted by molar-refractivity contribution is 7.99. The summed E-state index contributed by atoms with van der Waals surface area (Å²) in [6, 6.07) is 3.29. The average Bonchev–Trinajstić information content (AvgIpc) is 2.98. The molecule has 0 bridgehead atoms. The summed E-state index contributed by atoms with van der Waals surface area (Å²) in [6.07, 6.45) is 3.22. The number of anilines is 1. The number of nitrogens with zero attached hydrogens (tertiary/aromatic N) is 5. The summed E-state index contributed by atoms with van der Waals surface area (Å²) in [5, 5.41) is 12.8. The fraction of sp³-hybridized carbons (Fsp3) is 0.333. The van der Waals surface area contributed by atoms with Gasteiger partial charge in [-0.3, -0.25) is 0 Å². The molecule has 1 aliphatic heterocycles. The molecule has 0 amide bonds. The van der Waals surface area contributed by atoms with E-state index in [0.29, 0.717) is 5.95 Å². The lowest BCUT2D eigenvalue weighted by atomic mass is 10.4. The first-order valence-electron chi connectivity index (χ1n) is 6.19. The zero-order chi connectivity index (χ0) is 13.9. The van der Waals surface area contributed by atoms with Crippen LogP contribution in [0.25, 0.3) is 5.95 Å². The van der Waals surface area contributed by atoms with Crippen molar-refractivity contribution in [2.75, 3.05) is 29.5 Å². The minimum atomic E-state index is -1.06. The van der Waals surface area contributed by atoms with Crippen molar-refractivity contribution in [1.82, 2.24) is 19.7 Å². The number of carboxylic acid groups (broad SMARTS) is 1. The van der Waals surface area contributed by atoms with Crippen molar-refractivity contribution in [3.63, 3.8) is 0 Å². The number of rotatable bonds is 3. The Balaban J connectivity index is 1.87.